The largest absolute Gasteiger partial charge is 0.450 e. The second kappa shape index (κ2) is 4.28. The summed E-state index contributed by atoms with van der Waals surface area (Å²) < 4.78 is 15.6. The second-order valence-corrected chi connectivity index (χ2v) is 5.78. The average molecular weight is 306 g/mol. The van der Waals surface area contributed by atoms with E-state index in [1.807, 2.05) is 0 Å². The molecule has 4 rings (SSSR count). The van der Waals surface area contributed by atoms with E-state index in [0.717, 1.165) is 0 Å². The number of hydrogen-bond acceptors (Lipinski definition) is 7. The summed E-state index contributed by atoms with van der Waals surface area (Å²) in [4.78, 5) is 24.3. The van der Waals surface area contributed by atoms with Gasteiger partial charge in [0.15, 0.2) is 6.10 Å². The minimum Gasteiger partial charge on any atom is -0.450 e. The van der Waals surface area contributed by atoms with Gasteiger partial charge in [0.05, 0.1) is 18.9 Å². The first-order valence-electron chi connectivity index (χ1n) is 7.01. The Hall–Kier alpha value is -1.96. The molecule has 3 heterocycles. The maximum atomic E-state index is 12.4. The van der Waals surface area contributed by atoms with Crippen molar-refractivity contribution in [3.8, 4) is 0 Å². The van der Waals surface area contributed by atoms with Crippen LogP contribution in [0.1, 0.15) is 17.9 Å². The molecule has 0 amide bonds. The summed E-state index contributed by atoms with van der Waals surface area (Å²) in [5.74, 6) is -4.44. The van der Waals surface area contributed by atoms with E-state index < -0.39 is 41.5 Å². The van der Waals surface area contributed by atoms with Gasteiger partial charge in [-0.25, -0.2) is 4.79 Å². The molecule has 3 fully saturated rings. The lowest BCUT2D eigenvalue weighted by atomic mass is 9.76. The summed E-state index contributed by atoms with van der Waals surface area (Å²) in [5.41, 5.74) is -1.32. The Morgan fingerprint density at radius 3 is 2.64 bits per heavy atom. The van der Waals surface area contributed by atoms with Crippen molar-refractivity contribution in [1.29, 1.82) is 0 Å². The molecular formula is C15H14O7. The summed E-state index contributed by atoms with van der Waals surface area (Å²) in [6.07, 6.45) is -2.51. The van der Waals surface area contributed by atoms with Crippen LogP contribution in [0, 0.1) is 0 Å². The van der Waals surface area contributed by atoms with E-state index in [0.29, 0.717) is 5.56 Å². The number of fused-ring (bicyclic) bond motifs is 2. The third kappa shape index (κ3) is 1.45. The number of rotatable bonds is 1. The van der Waals surface area contributed by atoms with Gasteiger partial charge in [-0.05, 0) is 5.56 Å². The molecule has 0 radical (unpaired) electrons. The molecule has 1 spiro atoms. The highest BCUT2D eigenvalue weighted by atomic mass is 16.7. The first-order valence-corrected chi connectivity index (χ1v) is 7.01. The van der Waals surface area contributed by atoms with Gasteiger partial charge in [0, 0.05) is 0 Å². The summed E-state index contributed by atoms with van der Waals surface area (Å²) in [6.45, 7) is -0.199. The van der Waals surface area contributed by atoms with E-state index in [1.165, 1.54) is 0 Å². The van der Waals surface area contributed by atoms with Gasteiger partial charge in [-0.1, -0.05) is 30.3 Å². The molecule has 0 unspecified atom stereocenters. The van der Waals surface area contributed by atoms with Crippen LogP contribution in [0.25, 0.3) is 0 Å². The summed E-state index contributed by atoms with van der Waals surface area (Å²) in [7, 11) is 0. The quantitative estimate of drug-likeness (QED) is 0.672. The second-order valence-electron chi connectivity index (χ2n) is 5.78. The molecule has 0 bridgehead atoms. The third-order valence-corrected chi connectivity index (χ3v) is 4.62. The Kier molecular flexibility index (Phi) is 2.66. The maximum Gasteiger partial charge on any atom is 0.357 e. The number of carbonyl (C=O) groups excluding carboxylic acids is 2. The predicted octanol–water partition coefficient (Wildman–Crippen LogP) is -0.539. The van der Waals surface area contributed by atoms with Crippen LogP contribution in [0.15, 0.2) is 30.3 Å². The van der Waals surface area contributed by atoms with Crippen LogP contribution < -0.4 is 0 Å². The molecule has 22 heavy (non-hydrogen) atoms. The summed E-state index contributed by atoms with van der Waals surface area (Å²) in [5, 5.41) is 20.7. The Balaban J connectivity index is 1.87. The zero-order valence-corrected chi connectivity index (χ0v) is 11.5. The van der Waals surface area contributed by atoms with Crippen molar-refractivity contribution < 1.29 is 34.0 Å². The van der Waals surface area contributed by atoms with E-state index in [1.54, 1.807) is 30.3 Å². The molecule has 1 aromatic rings. The molecular weight excluding hydrogens is 292 g/mol. The number of hydrogen-bond donors (Lipinski definition) is 2. The lowest BCUT2D eigenvalue weighted by Gasteiger charge is -2.35. The molecule has 7 heteroatoms. The molecule has 3 aliphatic rings. The van der Waals surface area contributed by atoms with Gasteiger partial charge in [-0.2, -0.15) is 0 Å². The fourth-order valence-electron chi connectivity index (χ4n) is 3.62. The van der Waals surface area contributed by atoms with Gasteiger partial charge in [0.2, 0.25) is 0 Å². The van der Waals surface area contributed by atoms with Crippen LogP contribution in [0.3, 0.4) is 0 Å². The van der Waals surface area contributed by atoms with Gasteiger partial charge in [0.1, 0.15) is 6.10 Å². The van der Waals surface area contributed by atoms with Crippen LogP contribution in [-0.4, -0.2) is 52.4 Å². The summed E-state index contributed by atoms with van der Waals surface area (Å²) >= 11 is 0. The lowest BCUT2D eigenvalue weighted by Crippen LogP contribution is -2.60. The Morgan fingerprint density at radius 1 is 1.18 bits per heavy atom. The fourth-order valence-corrected chi connectivity index (χ4v) is 3.62. The van der Waals surface area contributed by atoms with Gasteiger partial charge in [-0.15, -0.1) is 0 Å². The maximum absolute atomic E-state index is 12.4. The average Bonchev–Trinajstić information content (AvgIpc) is 3.08. The highest BCUT2D eigenvalue weighted by molar-refractivity contribution is 5.92. The van der Waals surface area contributed by atoms with Crippen molar-refractivity contribution in [1.82, 2.24) is 0 Å². The molecule has 1 aromatic carbocycles. The zero-order valence-electron chi connectivity index (χ0n) is 11.5. The van der Waals surface area contributed by atoms with Crippen LogP contribution in [0.4, 0.5) is 0 Å². The molecule has 116 valence electrons. The van der Waals surface area contributed by atoms with E-state index in [4.69, 9.17) is 14.2 Å². The SMILES string of the molecule is O=C1C[C@H](c2ccccc2)[C@@]2(O1)C(=O)O[C@@H]1[C@@H](O)CO[C@@]12O. The summed E-state index contributed by atoms with van der Waals surface area (Å²) in [6, 6.07) is 8.80. The number of aliphatic hydroxyl groups is 2. The minimum atomic E-state index is -2.18. The number of esters is 2. The molecule has 0 aliphatic carbocycles. The molecule has 5 atom stereocenters. The lowest BCUT2D eigenvalue weighted by molar-refractivity contribution is -0.264. The fraction of sp³-hybridized carbons (Fsp3) is 0.467. The molecule has 3 saturated heterocycles. The van der Waals surface area contributed by atoms with Crippen molar-refractivity contribution in [2.75, 3.05) is 6.61 Å². The van der Waals surface area contributed by atoms with E-state index >= 15 is 0 Å². The standard InChI is InChI=1S/C15H14O7/c16-10-7-20-15(19)12(10)21-13(18)14(15)9(6-11(17)22-14)8-4-2-1-3-5-8/h1-5,9-10,12,16,19H,6-7H2/t9-,10+,12-,14-,15+/m1/s1. The number of carbonyl (C=O) groups is 2. The van der Waals surface area contributed by atoms with Crippen molar-refractivity contribution >= 4 is 11.9 Å². The normalized spacial score (nSPS) is 43.3. The third-order valence-electron chi connectivity index (χ3n) is 4.62. The number of benzene rings is 1. The van der Waals surface area contributed by atoms with Gasteiger partial charge >= 0.3 is 11.9 Å². The predicted molar refractivity (Wildman–Crippen MR) is 69.4 cm³/mol. The first-order chi connectivity index (χ1) is 10.5. The molecule has 2 N–H and O–H groups in total. The highest BCUT2D eigenvalue weighted by Crippen LogP contribution is 2.56. The van der Waals surface area contributed by atoms with E-state index in [-0.39, 0.29) is 13.0 Å². The van der Waals surface area contributed by atoms with Crippen molar-refractivity contribution in [3.05, 3.63) is 35.9 Å². The molecule has 7 nitrogen and oxygen atoms in total. The Morgan fingerprint density at radius 2 is 1.91 bits per heavy atom. The smallest absolute Gasteiger partial charge is 0.357 e. The Bertz CT molecular complexity index is 645. The van der Waals surface area contributed by atoms with Crippen LogP contribution in [0.5, 0.6) is 0 Å². The molecule has 0 saturated carbocycles. The molecule has 0 aromatic heterocycles. The Labute approximate surface area is 125 Å². The number of ether oxygens (including phenoxy) is 3. The topological polar surface area (TPSA) is 102 Å². The van der Waals surface area contributed by atoms with E-state index in [2.05, 4.69) is 0 Å². The zero-order chi connectivity index (χ0) is 15.5. The highest BCUT2D eigenvalue weighted by Gasteiger charge is 2.80. The molecule has 3 aliphatic heterocycles. The number of aliphatic hydroxyl groups excluding tert-OH is 1. The van der Waals surface area contributed by atoms with Gasteiger partial charge in [-0.3, -0.25) is 4.79 Å². The van der Waals surface area contributed by atoms with Gasteiger partial charge < -0.3 is 24.4 Å². The van der Waals surface area contributed by atoms with Crippen LogP contribution in [0.2, 0.25) is 0 Å². The minimum absolute atomic E-state index is 0.0758. The van der Waals surface area contributed by atoms with Crippen molar-refractivity contribution in [2.24, 2.45) is 0 Å². The van der Waals surface area contributed by atoms with Gasteiger partial charge in [0.25, 0.3) is 11.4 Å². The van der Waals surface area contributed by atoms with E-state index in [9.17, 15) is 19.8 Å². The first kappa shape index (κ1) is 13.7. The van der Waals surface area contributed by atoms with Crippen LogP contribution in [-0.2, 0) is 23.8 Å². The monoisotopic (exact) mass is 306 g/mol. The van der Waals surface area contributed by atoms with Crippen molar-refractivity contribution in [3.63, 3.8) is 0 Å². The van der Waals surface area contributed by atoms with Crippen molar-refractivity contribution in [2.45, 2.75) is 35.9 Å². The van der Waals surface area contributed by atoms with Crippen LogP contribution >= 0.6 is 0 Å².